The van der Waals surface area contributed by atoms with E-state index in [1.165, 1.54) is 12.1 Å². The van der Waals surface area contributed by atoms with Crippen LogP contribution < -0.4 is 5.32 Å². The Bertz CT molecular complexity index is 598. The third kappa shape index (κ3) is 3.41. The summed E-state index contributed by atoms with van der Waals surface area (Å²) in [4.78, 5) is 15.8. The highest BCUT2D eigenvalue weighted by Crippen LogP contribution is 2.22. The number of hydrogen-bond acceptors (Lipinski definition) is 2. The number of benzene rings is 1. The van der Waals surface area contributed by atoms with Gasteiger partial charge in [0.2, 0.25) is 0 Å². The topological polar surface area (TPSA) is 42.0 Å². The minimum Gasteiger partial charge on any atom is -0.307 e. The first-order valence-corrected chi connectivity index (χ1v) is 6.40. The van der Waals surface area contributed by atoms with Gasteiger partial charge in [-0.25, -0.2) is 9.37 Å². The zero-order chi connectivity index (χ0) is 14.8. The van der Waals surface area contributed by atoms with Gasteiger partial charge >= 0.3 is 0 Å². The largest absolute Gasteiger partial charge is 0.307 e. The van der Waals surface area contributed by atoms with Crippen LogP contribution in [-0.4, -0.2) is 10.9 Å². The maximum Gasteiger partial charge on any atom is 0.256 e. The summed E-state index contributed by atoms with van der Waals surface area (Å²) in [7, 11) is 0. The van der Waals surface area contributed by atoms with Crippen molar-refractivity contribution in [3.63, 3.8) is 0 Å². The van der Waals surface area contributed by atoms with Crippen LogP contribution in [0.4, 0.5) is 10.2 Å². The second-order valence-electron chi connectivity index (χ2n) is 5.64. The highest BCUT2D eigenvalue weighted by Gasteiger charge is 2.14. The molecule has 1 amide bonds. The molecule has 0 unspecified atom stereocenters. The third-order valence-electron chi connectivity index (χ3n) is 2.98. The van der Waals surface area contributed by atoms with Gasteiger partial charge < -0.3 is 5.32 Å². The quantitative estimate of drug-likeness (QED) is 0.904. The lowest BCUT2D eigenvalue weighted by molar-refractivity contribution is 0.102. The van der Waals surface area contributed by atoms with Crippen molar-refractivity contribution in [3.8, 4) is 0 Å². The molecule has 2 rings (SSSR count). The molecule has 4 heteroatoms. The highest BCUT2D eigenvalue weighted by atomic mass is 19.1. The molecule has 0 saturated heterocycles. The van der Waals surface area contributed by atoms with Crippen LogP contribution in [0, 0.1) is 5.82 Å². The van der Waals surface area contributed by atoms with E-state index >= 15 is 0 Å². The van der Waals surface area contributed by atoms with Gasteiger partial charge in [0.25, 0.3) is 5.91 Å². The Labute approximate surface area is 117 Å². The molecule has 0 aliphatic rings. The maximum atomic E-state index is 12.7. The van der Waals surface area contributed by atoms with E-state index in [1.807, 2.05) is 12.1 Å². The molecular weight excluding hydrogens is 255 g/mol. The number of nitrogens with zero attached hydrogens (tertiary/aromatic N) is 1. The number of nitrogens with one attached hydrogen (secondary N) is 1. The Morgan fingerprint density at radius 2 is 1.75 bits per heavy atom. The smallest absolute Gasteiger partial charge is 0.256 e. The fourth-order valence-electron chi connectivity index (χ4n) is 1.76. The normalized spacial score (nSPS) is 11.2. The van der Waals surface area contributed by atoms with Gasteiger partial charge in [0.1, 0.15) is 11.6 Å². The second kappa shape index (κ2) is 5.41. The van der Waals surface area contributed by atoms with E-state index in [-0.39, 0.29) is 11.3 Å². The standard InChI is InChI=1S/C16H17FN2O/c1-16(2,3)12-6-4-11(5-7-12)15(20)19-14-9-8-13(17)10-18-14/h4-10H,1-3H3,(H,18,19,20). The van der Waals surface area contributed by atoms with E-state index in [2.05, 4.69) is 31.1 Å². The summed E-state index contributed by atoms with van der Waals surface area (Å²) in [5, 5.41) is 2.63. The molecule has 3 nitrogen and oxygen atoms in total. The van der Waals surface area contributed by atoms with Crippen LogP contribution in [0.15, 0.2) is 42.6 Å². The SMILES string of the molecule is CC(C)(C)c1ccc(C(=O)Nc2ccc(F)cn2)cc1. The van der Waals surface area contributed by atoms with E-state index < -0.39 is 5.82 Å². The van der Waals surface area contributed by atoms with Crippen molar-refractivity contribution in [2.75, 3.05) is 5.32 Å². The van der Waals surface area contributed by atoms with E-state index in [1.54, 1.807) is 12.1 Å². The maximum absolute atomic E-state index is 12.7. The van der Waals surface area contributed by atoms with Crippen LogP contribution in [0.25, 0.3) is 0 Å². The molecular formula is C16H17FN2O. The molecule has 1 aromatic heterocycles. The molecule has 0 aliphatic carbocycles. The van der Waals surface area contributed by atoms with Crippen LogP contribution in [0.2, 0.25) is 0 Å². The summed E-state index contributed by atoms with van der Waals surface area (Å²) >= 11 is 0. The van der Waals surface area contributed by atoms with E-state index in [4.69, 9.17) is 0 Å². The van der Waals surface area contributed by atoms with Gasteiger partial charge in [-0.15, -0.1) is 0 Å². The Morgan fingerprint density at radius 3 is 2.25 bits per heavy atom. The minimum atomic E-state index is -0.433. The van der Waals surface area contributed by atoms with Crippen LogP contribution >= 0.6 is 0 Å². The summed E-state index contributed by atoms with van der Waals surface area (Å²) in [6, 6.07) is 10.1. The number of rotatable bonds is 2. The van der Waals surface area contributed by atoms with Crippen molar-refractivity contribution < 1.29 is 9.18 Å². The first-order chi connectivity index (χ1) is 9.36. The van der Waals surface area contributed by atoms with Gasteiger partial charge in [0, 0.05) is 5.56 Å². The molecule has 0 spiro atoms. The van der Waals surface area contributed by atoms with E-state index in [0.717, 1.165) is 11.8 Å². The molecule has 1 N–H and O–H groups in total. The Morgan fingerprint density at radius 1 is 1.10 bits per heavy atom. The van der Waals surface area contributed by atoms with Gasteiger partial charge in [0.15, 0.2) is 0 Å². The summed E-state index contributed by atoms with van der Waals surface area (Å²) in [5.41, 5.74) is 1.76. The summed E-state index contributed by atoms with van der Waals surface area (Å²) < 4.78 is 12.7. The van der Waals surface area contributed by atoms with Crippen LogP contribution in [0.1, 0.15) is 36.7 Å². The number of hydrogen-bond donors (Lipinski definition) is 1. The molecule has 1 heterocycles. The van der Waals surface area contributed by atoms with Gasteiger partial charge in [-0.2, -0.15) is 0 Å². The average Bonchev–Trinajstić information content (AvgIpc) is 2.40. The number of halogens is 1. The van der Waals surface area contributed by atoms with Gasteiger partial charge in [-0.3, -0.25) is 4.79 Å². The molecule has 104 valence electrons. The molecule has 0 atom stereocenters. The number of carbonyl (C=O) groups is 1. The monoisotopic (exact) mass is 272 g/mol. The molecule has 0 saturated carbocycles. The van der Waals surface area contributed by atoms with Crippen molar-refractivity contribution in [2.24, 2.45) is 0 Å². The number of anilines is 1. The van der Waals surface area contributed by atoms with Gasteiger partial charge in [0.05, 0.1) is 6.20 Å². The van der Waals surface area contributed by atoms with Crippen molar-refractivity contribution in [3.05, 3.63) is 59.5 Å². The lowest BCUT2D eigenvalue weighted by Crippen LogP contribution is -2.14. The molecule has 0 bridgehead atoms. The minimum absolute atomic E-state index is 0.0491. The molecule has 20 heavy (non-hydrogen) atoms. The second-order valence-corrected chi connectivity index (χ2v) is 5.64. The summed E-state index contributed by atoms with van der Waals surface area (Å²) in [6.45, 7) is 6.35. The van der Waals surface area contributed by atoms with Crippen LogP contribution in [0.3, 0.4) is 0 Å². The first-order valence-electron chi connectivity index (χ1n) is 6.40. The van der Waals surface area contributed by atoms with Gasteiger partial charge in [-0.05, 0) is 35.2 Å². The first kappa shape index (κ1) is 14.2. The zero-order valence-electron chi connectivity index (χ0n) is 11.8. The number of pyridine rings is 1. The molecule has 1 aromatic carbocycles. The van der Waals surface area contributed by atoms with Crippen molar-refractivity contribution in [2.45, 2.75) is 26.2 Å². The molecule has 2 aromatic rings. The Kier molecular flexibility index (Phi) is 3.84. The number of aromatic nitrogens is 1. The van der Waals surface area contributed by atoms with Gasteiger partial charge in [-0.1, -0.05) is 32.9 Å². The summed E-state index contributed by atoms with van der Waals surface area (Å²) in [5.74, 6) is -0.363. The van der Waals surface area contributed by atoms with Crippen LogP contribution in [0.5, 0.6) is 0 Å². The molecule has 0 radical (unpaired) electrons. The highest BCUT2D eigenvalue weighted by molar-refractivity contribution is 6.03. The zero-order valence-corrected chi connectivity index (χ0v) is 11.8. The number of carbonyl (C=O) groups excluding carboxylic acids is 1. The Balaban J connectivity index is 2.11. The average molecular weight is 272 g/mol. The van der Waals surface area contributed by atoms with E-state index in [9.17, 15) is 9.18 Å². The lowest BCUT2D eigenvalue weighted by Gasteiger charge is -2.19. The van der Waals surface area contributed by atoms with Crippen molar-refractivity contribution in [1.82, 2.24) is 4.98 Å². The Hall–Kier alpha value is -2.23. The molecule has 0 aliphatic heterocycles. The number of amides is 1. The summed E-state index contributed by atoms with van der Waals surface area (Å²) in [6.07, 6.45) is 1.07. The predicted octanol–water partition coefficient (Wildman–Crippen LogP) is 3.77. The predicted molar refractivity (Wildman–Crippen MR) is 77.3 cm³/mol. The fraction of sp³-hybridized carbons (Fsp3) is 0.250. The van der Waals surface area contributed by atoms with Crippen molar-refractivity contribution in [1.29, 1.82) is 0 Å². The molecule has 0 fully saturated rings. The van der Waals surface area contributed by atoms with Crippen LogP contribution in [-0.2, 0) is 5.41 Å². The third-order valence-corrected chi connectivity index (χ3v) is 2.98. The van der Waals surface area contributed by atoms with E-state index in [0.29, 0.717) is 11.4 Å². The van der Waals surface area contributed by atoms with Crippen molar-refractivity contribution >= 4 is 11.7 Å². The lowest BCUT2D eigenvalue weighted by atomic mass is 9.87. The fourth-order valence-corrected chi connectivity index (χ4v) is 1.76.